The number of rotatable bonds is 4. The Labute approximate surface area is 155 Å². The Balaban J connectivity index is 1.57. The highest BCUT2D eigenvalue weighted by atomic mass is 35.5. The van der Waals surface area contributed by atoms with Crippen molar-refractivity contribution in [2.24, 2.45) is 5.92 Å². The molecule has 26 heavy (non-hydrogen) atoms. The number of likely N-dealkylation sites (tertiary alicyclic amines) is 1. The number of pyridine rings is 1. The molecule has 1 aromatic carbocycles. The molecule has 136 valence electrons. The van der Waals surface area contributed by atoms with E-state index >= 15 is 0 Å². The van der Waals surface area contributed by atoms with Gasteiger partial charge in [0.05, 0.1) is 17.8 Å². The number of hydrogen-bond donors (Lipinski definition) is 2. The number of halogens is 1. The van der Waals surface area contributed by atoms with Crippen molar-refractivity contribution in [2.75, 3.05) is 18.4 Å². The maximum Gasteiger partial charge on any atom is 0.321 e. The molecule has 8 heteroatoms. The smallest absolute Gasteiger partial charge is 0.321 e. The lowest BCUT2D eigenvalue weighted by atomic mass is 9.99. The molecule has 1 aliphatic heterocycles. The molecule has 0 aliphatic carbocycles. The summed E-state index contributed by atoms with van der Waals surface area (Å²) in [5.41, 5.74) is 0.510. The monoisotopic (exact) mass is 375 g/mol. The molecule has 0 bridgehead atoms. The molecule has 0 spiro atoms. The maximum absolute atomic E-state index is 12.3. The third kappa shape index (κ3) is 4.64. The first kappa shape index (κ1) is 18.0. The van der Waals surface area contributed by atoms with Gasteiger partial charge in [0.1, 0.15) is 5.75 Å². The number of carbonyl (C=O) groups is 2. The zero-order valence-corrected chi connectivity index (χ0v) is 14.6. The van der Waals surface area contributed by atoms with Gasteiger partial charge in [0.25, 0.3) is 0 Å². The number of piperidine rings is 1. The Kier molecular flexibility index (Phi) is 5.58. The number of nitrogens with zero attached hydrogens (tertiary/aromatic N) is 2. The lowest BCUT2D eigenvalue weighted by Gasteiger charge is -2.30. The lowest BCUT2D eigenvalue weighted by Crippen LogP contribution is -2.44. The number of benzene rings is 1. The van der Waals surface area contributed by atoms with Gasteiger partial charge in [-0.05, 0) is 43.2 Å². The Morgan fingerprint density at radius 1 is 1.23 bits per heavy atom. The molecule has 1 fully saturated rings. The van der Waals surface area contributed by atoms with Crippen LogP contribution in [0.2, 0.25) is 5.02 Å². The summed E-state index contributed by atoms with van der Waals surface area (Å²) in [5, 5.41) is 12.4. The summed E-state index contributed by atoms with van der Waals surface area (Å²) in [4.78, 5) is 29.1. The highest BCUT2D eigenvalue weighted by Gasteiger charge is 2.28. The molecule has 1 unspecified atom stereocenters. The number of ether oxygens (including phenoxy) is 1. The van der Waals surface area contributed by atoms with Crippen molar-refractivity contribution in [3.05, 3.63) is 47.6 Å². The van der Waals surface area contributed by atoms with E-state index in [-0.39, 0.29) is 12.6 Å². The third-order valence-electron chi connectivity index (χ3n) is 4.08. The molecule has 1 aromatic heterocycles. The van der Waals surface area contributed by atoms with Crippen LogP contribution in [-0.2, 0) is 4.79 Å². The van der Waals surface area contributed by atoms with Crippen LogP contribution < -0.4 is 10.1 Å². The fraction of sp³-hybridized carbons (Fsp3) is 0.278. The summed E-state index contributed by atoms with van der Waals surface area (Å²) in [6.45, 7) is 0.757. The van der Waals surface area contributed by atoms with E-state index in [1.54, 1.807) is 36.4 Å². The standard InChI is InChI=1S/C18H18ClN3O4/c19-13-3-6-15(7-4-13)26-16-8-5-14(10-20-16)21-18(25)22-9-1-2-12(11-22)17(23)24/h3-8,10,12H,1-2,9,11H2,(H,21,25)(H,23,24). The van der Waals surface area contributed by atoms with E-state index in [1.165, 1.54) is 11.1 Å². The van der Waals surface area contributed by atoms with Gasteiger partial charge in [0.15, 0.2) is 0 Å². The third-order valence-corrected chi connectivity index (χ3v) is 4.33. The molecule has 0 saturated carbocycles. The summed E-state index contributed by atoms with van der Waals surface area (Å²) < 4.78 is 5.59. The minimum absolute atomic E-state index is 0.215. The van der Waals surface area contributed by atoms with Crippen molar-refractivity contribution in [3.8, 4) is 11.6 Å². The predicted molar refractivity (Wildman–Crippen MR) is 96.7 cm³/mol. The van der Waals surface area contributed by atoms with Crippen molar-refractivity contribution in [3.63, 3.8) is 0 Å². The number of carboxylic acid groups (broad SMARTS) is 1. The molecule has 1 atom stereocenters. The number of urea groups is 1. The van der Waals surface area contributed by atoms with Gasteiger partial charge in [-0.2, -0.15) is 0 Å². The molecule has 0 radical (unpaired) electrons. The second kappa shape index (κ2) is 8.05. The van der Waals surface area contributed by atoms with Crippen LogP contribution in [0.25, 0.3) is 0 Å². The van der Waals surface area contributed by atoms with Crippen molar-refractivity contribution >= 4 is 29.3 Å². The SMILES string of the molecule is O=C(O)C1CCCN(C(=O)Nc2ccc(Oc3ccc(Cl)cc3)nc2)C1. The predicted octanol–water partition coefficient (Wildman–Crippen LogP) is 3.86. The van der Waals surface area contributed by atoms with Crippen LogP contribution in [0.4, 0.5) is 10.5 Å². The highest BCUT2D eigenvalue weighted by molar-refractivity contribution is 6.30. The van der Waals surface area contributed by atoms with Crippen LogP contribution in [0.15, 0.2) is 42.6 Å². The van der Waals surface area contributed by atoms with E-state index in [0.717, 1.165) is 0 Å². The van der Waals surface area contributed by atoms with E-state index in [2.05, 4.69) is 10.3 Å². The van der Waals surface area contributed by atoms with Gasteiger partial charge in [0.2, 0.25) is 5.88 Å². The topological polar surface area (TPSA) is 91.8 Å². The fourth-order valence-electron chi connectivity index (χ4n) is 2.70. The number of hydrogen-bond acceptors (Lipinski definition) is 4. The van der Waals surface area contributed by atoms with Gasteiger partial charge < -0.3 is 20.1 Å². The van der Waals surface area contributed by atoms with Gasteiger partial charge >= 0.3 is 12.0 Å². The van der Waals surface area contributed by atoms with Crippen molar-refractivity contribution in [1.82, 2.24) is 9.88 Å². The fourth-order valence-corrected chi connectivity index (χ4v) is 2.83. The molecular formula is C18H18ClN3O4. The lowest BCUT2D eigenvalue weighted by molar-refractivity contribution is -0.143. The average molecular weight is 376 g/mol. The Bertz CT molecular complexity index is 780. The number of anilines is 1. The number of nitrogens with one attached hydrogen (secondary N) is 1. The quantitative estimate of drug-likeness (QED) is 0.846. The maximum atomic E-state index is 12.3. The second-order valence-corrected chi connectivity index (χ2v) is 6.43. The van der Waals surface area contributed by atoms with Crippen LogP contribution >= 0.6 is 11.6 Å². The van der Waals surface area contributed by atoms with Gasteiger partial charge in [-0.3, -0.25) is 4.79 Å². The first-order valence-electron chi connectivity index (χ1n) is 8.19. The van der Waals surface area contributed by atoms with Crippen LogP contribution in [0.1, 0.15) is 12.8 Å². The van der Waals surface area contributed by atoms with Gasteiger partial charge in [-0.25, -0.2) is 9.78 Å². The van der Waals surface area contributed by atoms with Crippen LogP contribution in [0.5, 0.6) is 11.6 Å². The van der Waals surface area contributed by atoms with Crippen molar-refractivity contribution < 1.29 is 19.4 Å². The molecular weight excluding hydrogens is 358 g/mol. The first-order valence-corrected chi connectivity index (χ1v) is 8.57. The van der Waals surface area contributed by atoms with E-state index in [1.807, 2.05) is 0 Å². The van der Waals surface area contributed by atoms with Gasteiger partial charge in [0, 0.05) is 24.2 Å². The van der Waals surface area contributed by atoms with Crippen molar-refractivity contribution in [1.29, 1.82) is 0 Å². The summed E-state index contributed by atoms with van der Waals surface area (Å²) >= 11 is 5.83. The van der Waals surface area contributed by atoms with Crippen LogP contribution in [-0.4, -0.2) is 40.1 Å². The van der Waals surface area contributed by atoms with Gasteiger partial charge in [-0.15, -0.1) is 0 Å². The summed E-state index contributed by atoms with van der Waals surface area (Å²) in [5.74, 6) is -0.392. The number of carboxylic acids is 1. The Morgan fingerprint density at radius 2 is 2.00 bits per heavy atom. The molecule has 1 saturated heterocycles. The molecule has 2 N–H and O–H groups in total. The zero-order valence-electron chi connectivity index (χ0n) is 13.9. The second-order valence-electron chi connectivity index (χ2n) is 5.99. The summed E-state index contributed by atoms with van der Waals surface area (Å²) in [7, 11) is 0. The van der Waals surface area contributed by atoms with E-state index in [4.69, 9.17) is 21.4 Å². The largest absolute Gasteiger partial charge is 0.481 e. The normalized spacial score (nSPS) is 16.8. The average Bonchev–Trinajstić information content (AvgIpc) is 2.65. The first-order chi connectivity index (χ1) is 12.5. The number of amides is 2. The van der Waals surface area contributed by atoms with Crippen molar-refractivity contribution in [2.45, 2.75) is 12.8 Å². The zero-order chi connectivity index (χ0) is 18.5. The number of aliphatic carboxylic acids is 1. The highest BCUT2D eigenvalue weighted by Crippen LogP contribution is 2.23. The molecule has 2 heterocycles. The number of aromatic nitrogens is 1. The van der Waals surface area contributed by atoms with E-state index in [0.29, 0.717) is 41.7 Å². The molecule has 2 amide bonds. The molecule has 2 aromatic rings. The minimum Gasteiger partial charge on any atom is -0.481 e. The Morgan fingerprint density at radius 3 is 2.65 bits per heavy atom. The number of carbonyl (C=O) groups excluding carboxylic acids is 1. The minimum atomic E-state index is -0.868. The van der Waals surface area contributed by atoms with E-state index < -0.39 is 11.9 Å². The Hall–Kier alpha value is -2.80. The summed E-state index contributed by atoms with van der Waals surface area (Å²) in [6, 6.07) is 9.88. The molecule has 7 nitrogen and oxygen atoms in total. The summed E-state index contributed by atoms with van der Waals surface area (Å²) in [6.07, 6.45) is 2.76. The van der Waals surface area contributed by atoms with E-state index in [9.17, 15) is 9.59 Å². The van der Waals surface area contributed by atoms with Gasteiger partial charge in [-0.1, -0.05) is 11.6 Å². The molecule has 1 aliphatic rings. The molecule has 3 rings (SSSR count). The van der Waals surface area contributed by atoms with Crippen LogP contribution in [0, 0.1) is 5.92 Å². The van der Waals surface area contributed by atoms with Crippen LogP contribution in [0.3, 0.4) is 0 Å².